The van der Waals surface area contributed by atoms with E-state index in [1.54, 1.807) is 0 Å². The van der Waals surface area contributed by atoms with Crippen LogP contribution >= 0.6 is 11.6 Å². The molecule has 0 saturated carbocycles. The second-order valence-electron chi connectivity index (χ2n) is 6.38. The van der Waals surface area contributed by atoms with Crippen LogP contribution in [0.5, 0.6) is 0 Å². The predicted octanol–water partition coefficient (Wildman–Crippen LogP) is 5.65. The summed E-state index contributed by atoms with van der Waals surface area (Å²) in [6, 6.07) is 12.4. The minimum absolute atomic E-state index is 0.00760. The molecular formula is C20H24ClNO. The van der Waals surface area contributed by atoms with Gasteiger partial charge in [0.05, 0.1) is 10.7 Å². The number of amides is 1. The Morgan fingerprint density at radius 1 is 1.13 bits per heavy atom. The number of nitrogens with one attached hydrogen (secondary N) is 1. The number of carbonyl (C=O) groups is 1. The van der Waals surface area contributed by atoms with Crippen LogP contribution in [0.4, 0.5) is 5.69 Å². The molecule has 1 N–H and O–H groups in total. The number of halogens is 1. The zero-order valence-electron chi connectivity index (χ0n) is 14.2. The molecule has 0 fully saturated rings. The van der Waals surface area contributed by atoms with Gasteiger partial charge in [-0.2, -0.15) is 0 Å². The van der Waals surface area contributed by atoms with Gasteiger partial charge in [0, 0.05) is 6.42 Å². The van der Waals surface area contributed by atoms with Crippen molar-refractivity contribution in [1.82, 2.24) is 0 Å². The fourth-order valence-corrected chi connectivity index (χ4v) is 2.97. The zero-order valence-corrected chi connectivity index (χ0v) is 15.0. The van der Waals surface area contributed by atoms with Gasteiger partial charge in [-0.1, -0.05) is 55.8 Å². The SMILES string of the molecule is Cc1cc(C)c(NC(=O)CCc2ccc(C(C)C)cc2)c(Cl)c1. The largest absolute Gasteiger partial charge is 0.325 e. The molecule has 0 saturated heterocycles. The monoisotopic (exact) mass is 329 g/mol. The third-order valence-corrected chi connectivity index (χ3v) is 4.28. The average Bonchev–Trinajstić information content (AvgIpc) is 2.49. The van der Waals surface area contributed by atoms with Gasteiger partial charge in [-0.25, -0.2) is 0 Å². The summed E-state index contributed by atoms with van der Waals surface area (Å²) in [4.78, 5) is 12.2. The summed E-state index contributed by atoms with van der Waals surface area (Å²) in [6.07, 6.45) is 1.18. The van der Waals surface area contributed by atoms with E-state index in [0.29, 0.717) is 17.4 Å². The van der Waals surface area contributed by atoms with Crippen molar-refractivity contribution in [3.05, 3.63) is 63.7 Å². The molecule has 0 bridgehead atoms. The van der Waals surface area contributed by atoms with E-state index in [9.17, 15) is 4.79 Å². The summed E-state index contributed by atoms with van der Waals surface area (Å²) in [6.45, 7) is 8.30. The first-order valence-electron chi connectivity index (χ1n) is 8.02. The number of hydrogen-bond donors (Lipinski definition) is 1. The molecule has 2 rings (SSSR count). The highest BCUT2D eigenvalue weighted by atomic mass is 35.5. The molecule has 3 heteroatoms. The highest BCUT2D eigenvalue weighted by Crippen LogP contribution is 2.27. The third kappa shape index (κ3) is 4.84. The van der Waals surface area contributed by atoms with E-state index >= 15 is 0 Å². The summed E-state index contributed by atoms with van der Waals surface area (Å²) < 4.78 is 0. The normalized spacial score (nSPS) is 10.9. The lowest BCUT2D eigenvalue weighted by molar-refractivity contribution is -0.116. The fraction of sp³-hybridized carbons (Fsp3) is 0.350. The Hall–Kier alpha value is -1.80. The van der Waals surface area contributed by atoms with Crippen LogP contribution in [0.2, 0.25) is 5.02 Å². The minimum Gasteiger partial charge on any atom is -0.325 e. The molecule has 0 aromatic heterocycles. The Labute approximate surface area is 143 Å². The smallest absolute Gasteiger partial charge is 0.224 e. The molecular weight excluding hydrogens is 306 g/mol. The lowest BCUT2D eigenvalue weighted by atomic mass is 10.0. The van der Waals surface area contributed by atoms with Crippen molar-refractivity contribution in [2.45, 2.75) is 46.5 Å². The highest BCUT2D eigenvalue weighted by Gasteiger charge is 2.10. The van der Waals surface area contributed by atoms with Gasteiger partial charge in [-0.3, -0.25) is 4.79 Å². The van der Waals surface area contributed by atoms with E-state index < -0.39 is 0 Å². The van der Waals surface area contributed by atoms with Gasteiger partial charge in [0.15, 0.2) is 0 Å². The van der Waals surface area contributed by atoms with Crippen molar-refractivity contribution < 1.29 is 4.79 Å². The first-order chi connectivity index (χ1) is 10.9. The first kappa shape index (κ1) is 17.6. The number of rotatable bonds is 5. The maximum Gasteiger partial charge on any atom is 0.224 e. The van der Waals surface area contributed by atoms with Crippen LogP contribution in [0, 0.1) is 13.8 Å². The van der Waals surface area contributed by atoms with Gasteiger partial charge < -0.3 is 5.32 Å². The second-order valence-corrected chi connectivity index (χ2v) is 6.79. The Bertz CT molecular complexity index is 666. The molecule has 122 valence electrons. The Balaban J connectivity index is 1.95. The Morgan fingerprint density at radius 3 is 2.35 bits per heavy atom. The quantitative estimate of drug-likeness (QED) is 0.754. The molecule has 0 aliphatic heterocycles. The van der Waals surface area contributed by atoms with Crippen LogP contribution in [0.1, 0.15) is 48.4 Å². The summed E-state index contributed by atoms with van der Waals surface area (Å²) in [7, 11) is 0. The van der Waals surface area contributed by atoms with Crippen molar-refractivity contribution in [3.63, 3.8) is 0 Å². The summed E-state index contributed by atoms with van der Waals surface area (Å²) in [5, 5.41) is 3.53. The number of benzene rings is 2. The van der Waals surface area contributed by atoms with Crippen LogP contribution in [-0.4, -0.2) is 5.91 Å². The molecule has 0 radical (unpaired) electrons. The molecule has 1 amide bonds. The van der Waals surface area contributed by atoms with E-state index in [1.165, 1.54) is 11.1 Å². The number of aryl methyl sites for hydroxylation is 3. The van der Waals surface area contributed by atoms with Gasteiger partial charge in [-0.05, 0) is 54.5 Å². The van der Waals surface area contributed by atoms with E-state index in [0.717, 1.165) is 23.2 Å². The Morgan fingerprint density at radius 2 is 1.78 bits per heavy atom. The number of carbonyl (C=O) groups excluding carboxylic acids is 1. The summed E-state index contributed by atoms with van der Waals surface area (Å²) in [5.74, 6) is 0.519. The van der Waals surface area contributed by atoms with Crippen molar-refractivity contribution in [1.29, 1.82) is 0 Å². The van der Waals surface area contributed by atoms with E-state index in [-0.39, 0.29) is 5.91 Å². The summed E-state index contributed by atoms with van der Waals surface area (Å²) >= 11 is 6.23. The highest BCUT2D eigenvalue weighted by molar-refractivity contribution is 6.34. The molecule has 0 heterocycles. The van der Waals surface area contributed by atoms with Gasteiger partial charge in [0.1, 0.15) is 0 Å². The van der Waals surface area contributed by atoms with E-state index in [2.05, 4.69) is 43.4 Å². The van der Waals surface area contributed by atoms with E-state index in [1.807, 2.05) is 26.0 Å². The molecule has 0 aliphatic rings. The van der Waals surface area contributed by atoms with Crippen LogP contribution in [-0.2, 0) is 11.2 Å². The lowest BCUT2D eigenvalue weighted by Crippen LogP contribution is -2.13. The van der Waals surface area contributed by atoms with Gasteiger partial charge in [0.25, 0.3) is 0 Å². The molecule has 0 aliphatic carbocycles. The third-order valence-electron chi connectivity index (χ3n) is 3.98. The molecule has 0 atom stereocenters. The molecule has 2 aromatic carbocycles. The topological polar surface area (TPSA) is 29.1 Å². The molecule has 2 nitrogen and oxygen atoms in total. The molecule has 0 unspecified atom stereocenters. The first-order valence-corrected chi connectivity index (χ1v) is 8.40. The molecule has 0 spiro atoms. The van der Waals surface area contributed by atoms with Crippen LogP contribution in [0.15, 0.2) is 36.4 Å². The standard InChI is InChI=1S/C20H24ClNO/c1-13(2)17-8-5-16(6-9-17)7-10-19(23)22-20-15(4)11-14(3)12-18(20)21/h5-6,8-9,11-13H,7,10H2,1-4H3,(H,22,23). The number of hydrogen-bond acceptors (Lipinski definition) is 1. The maximum atomic E-state index is 12.2. The second kappa shape index (κ2) is 7.65. The zero-order chi connectivity index (χ0) is 17.0. The number of anilines is 1. The predicted molar refractivity (Wildman–Crippen MR) is 98.4 cm³/mol. The van der Waals surface area contributed by atoms with E-state index in [4.69, 9.17) is 11.6 Å². The van der Waals surface area contributed by atoms with Crippen LogP contribution in [0.3, 0.4) is 0 Å². The average molecular weight is 330 g/mol. The van der Waals surface area contributed by atoms with Gasteiger partial charge >= 0.3 is 0 Å². The minimum atomic E-state index is -0.00760. The van der Waals surface area contributed by atoms with Gasteiger partial charge in [0.2, 0.25) is 5.91 Å². The van der Waals surface area contributed by atoms with Crippen LogP contribution < -0.4 is 5.32 Å². The van der Waals surface area contributed by atoms with Crippen molar-refractivity contribution in [2.24, 2.45) is 0 Å². The Kier molecular flexibility index (Phi) is 5.84. The summed E-state index contributed by atoms with van der Waals surface area (Å²) in [5.41, 5.74) is 5.30. The maximum absolute atomic E-state index is 12.2. The van der Waals surface area contributed by atoms with Crippen LogP contribution in [0.25, 0.3) is 0 Å². The molecule has 2 aromatic rings. The lowest BCUT2D eigenvalue weighted by Gasteiger charge is -2.12. The van der Waals surface area contributed by atoms with Crippen molar-refractivity contribution in [3.8, 4) is 0 Å². The van der Waals surface area contributed by atoms with Gasteiger partial charge in [-0.15, -0.1) is 0 Å². The van der Waals surface area contributed by atoms with Crippen molar-refractivity contribution >= 4 is 23.2 Å². The fourth-order valence-electron chi connectivity index (χ4n) is 2.60. The molecule has 23 heavy (non-hydrogen) atoms. The van der Waals surface area contributed by atoms with Crippen molar-refractivity contribution in [2.75, 3.05) is 5.32 Å².